The molecule has 2 aliphatic rings. The summed E-state index contributed by atoms with van der Waals surface area (Å²) in [4.78, 5) is 17.9. The molecule has 1 aliphatic heterocycles. The van der Waals surface area contributed by atoms with Crippen LogP contribution < -0.4 is 5.32 Å². The second-order valence-electron chi connectivity index (χ2n) is 4.48. The van der Waals surface area contributed by atoms with Crippen LogP contribution in [0.15, 0.2) is 0 Å². The van der Waals surface area contributed by atoms with Crippen molar-refractivity contribution in [2.24, 2.45) is 0 Å². The third-order valence-corrected chi connectivity index (χ3v) is 3.77. The molecular weight excluding hydrogens is 224 g/mol. The summed E-state index contributed by atoms with van der Waals surface area (Å²) in [7, 11) is 1.83. The highest BCUT2D eigenvalue weighted by Gasteiger charge is 2.31. The zero-order valence-corrected chi connectivity index (χ0v) is 9.96. The van der Waals surface area contributed by atoms with Gasteiger partial charge in [-0.05, 0) is 19.3 Å². The van der Waals surface area contributed by atoms with Crippen LogP contribution in [0.5, 0.6) is 0 Å². The highest BCUT2D eigenvalue weighted by atomic mass is 32.1. The lowest BCUT2D eigenvalue weighted by molar-refractivity contribution is -0.127. The zero-order chi connectivity index (χ0) is 11.1. The first kappa shape index (κ1) is 10.0. The van der Waals surface area contributed by atoms with Crippen molar-refractivity contribution in [1.29, 1.82) is 0 Å². The summed E-state index contributed by atoms with van der Waals surface area (Å²) in [6, 6.07) is -0.106. The van der Waals surface area contributed by atoms with Gasteiger partial charge in [-0.1, -0.05) is 0 Å². The molecule has 0 radical (unpaired) electrons. The first-order valence-corrected chi connectivity index (χ1v) is 6.36. The first-order valence-electron chi connectivity index (χ1n) is 5.59. The van der Waals surface area contributed by atoms with Crippen LogP contribution in [0.3, 0.4) is 0 Å². The summed E-state index contributed by atoms with van der Waals surface area (Å²) < 4.78 is 4.31. The normalized spacial score (nSPS) is 25.2. The van der Waals surface area contributed by atoms with Crippen LogP contribution in [0.1, 0.15) is 31.0 Å². The Morgan fingerprint density at radius 2 is 2.25 bits per heavy atom. The molecule has 5 nitrogen and oxygen atoms in total. The van der Waals surface area contributed by atoms with E-state index in [0.717, 1.165) is 23.9 Å². The quantitative estimate of drug-likeness (QED) is 0.855. The molecule has 1 aromatic rings. The molecule has 1 saturated carbocycles. The molecule has 3 rings (SSSR count). The van der Waals surface area contributed by atoms with Gasteiger partial charge in [0.1, 0.15) is 11.9 Å². The van der Waals surface area contributed by atoms with E-state index in [9.17, 15) is 4.79 Å². The second-order valence-corrected chi connectivity index (χ2v) is 5.23. The molecule has 2 fully saturated rings. The van der Waals surface area contributed by atoms with Gasteiger partial charge in [0, 0.05) is 31.0 Å². The van der Waals surface area contributed by atoms with Crippen molar-refractivity contribution in [1.82, 2.24) is 14.3 Å². The molecule has 6 heteroatoms. The molecule has 2 heterocycles. The number of hydrogen-bond acceptors (Lipinski definition) is 5. The molecule has 0 spiro atoms. The van der Waals surface area contributed by atoms with Crippen LogP contribution in [0.25, 0.3) is 0 Å². The van der Waals surface area contributed by atoms with Crippen molar-refractivity contribution in [3.8, 4) is 0 Å². The number of carbonyl (C=O) groups excluding carboxylic acids is 1. The van der Waals surface area contributed by atoms with Crippen LogP contribution in [0, 0.1) is 0 Å². The first-order chi connectivity index (χ1) is 7.74. The van der Waals surface area contributed by atoms with Crippen molar-refractivity contribution in [3.63, 3.8) is 0 Å². The molecule has 1 aromatic heterocycles. The maximum absolute atomic E-state index is 11.7. The molecule has 1 aliphatic carbocycles. The molecule has 0 bridgehead atoms. The predicted molar refractivity (Wildman–Crippen MR) is 61.5 cm³/mol. The molecular formula is C10H14N4OS. The fourth-order valence-corrected chi connectivity index (χ4v) is 2.61. The van der Waals surface area contributed by atoms with Crippen molar-refractivity contribution in [3.05, 3.63) is 5.82 Å². The van der Waals surface area contributed by atoms with E-state index in [1.54, 1.807) is 4.90 Å². The Hall–Kier alpha value is -1.17. The standard InChI is InChI=1S/C10H14N4OS/c1-14-5-4-7(9(14)15)11-10-12-8(13-16-10)6-2-3-6/h6-7H,2-5H2,1H3,(H,11,12,13). The van der Waals surface area contributed by atoms with Gasteiger partial charge in [0.05, 0.1) is 0 Å². The Bertz CT molecular complexity index is 415. The Morgan fingerprint density at radius 1 is 1.44 bits per heavy atom. The smallest absolute Gasteiger partial charge is 0.244 e. The third-order valence-electron chi connectivity index (χ3n) is 3.11. The van der Waals surface area contributed by atoms with Gasteiger partial charge in [-0.3, -0.25) is 4.79 Å². The number of aromatic nitrogens is 2. The Labute approximate surface area is 98.0 Å². The van der Waals surface area contributed by atoms with E-state index in [0.29, 0.717) is 5.92 Å². The molecule has 1 unspecified atom stereocenters. The lowest BCUT2D eigenvalue weighted by Crippen LogP contribution is -2.30. The van der Waals surface area contributed by atoms with Gasteiger partial charge in [0.15, 0.2) is 0 Å². The fourth-order valence-electron chi connectivity index (χ4n) is 1.91. The summed E-state index contributed by atoms with van der Waals surface area (Å²) in [5.41, 5.74) is 0. The van der Waals surface area contributed by atoms with Crippen molar-refractivity contribution in [2.45, 2.75) is 31.2 Å². The molecule has 1 N–H and O–H groups in total. The van der Waals surface area contributed by atoms with E-state index in [4.69, 9.17) is 0 Å². The Morgan fingerprint density at radius 3 is 2.88 bits per heavy atom. The fraction of sp³-hybridized carbons (Fsp3) is 0.700. The summed E-state index contributed by atoms with van der Waals surface area (Å²) in [5, 5.41) is 3.97. The number of hydrogen-bond donors (Lipinski definition) is 1. The molecule has 1 atom stereocenters. The molecule has 1 saturated heterocycles. The minimum Gasteiger partial charge on any atom is -0.348 e. The Balaban J connectivity index is 1.67. The van der Waals surface area contributed by atoms with Crippen molar-refractivity contribution >= 4 is 22.6 Å². The SMILES string of the molecule is CN1CCC(Nc2nc(C3CC3)ns2)C1=O. The van der Waals surface area contributed by atoms with Gasteiger partial charge in [0.2, 0.25) is 11.0 Å². The summed E-state index contributed by atoms with van der Waals surface area (Å²) in [5.74, 6) is 1.68. The van der Waals surface area contributed by atoms with E-state index < -0.39 is 0 Å². The van der Waals surface area contributed by atoms with Crippen molar-refractivity contribution < 1.29 is 4.79 Å². The van der Waals surface area contributed by atoms with Gasteiger partial charge < -0.3 is 10.2 Å². The lowest BCUT2D eigenvalue weighted by Gasteiger charge is -2.10. The largest absolute Gasteiger partial charge is 0.348 e. The Kier molecular flexibility index (Phi) is 2.31. The van der Waals surface area contributed by atoms with E-state index in [1.165, 1.54) is 24.4 Å². The lowest BCUT2D eigenvalue weighted by atomic mass is 10.2. The highest BCUT2D eigenvalue weighted by Crippen LogP contribution is 2.39. The van der Waals surface area contributed by atoms with Gasteiger partial charge in [-0.2, -0.15) is 4.37 Å². The molecule has 16 heavy (non-hydrogen) atoms. The number of carbonyl (C=O) groups is 1. The van der Waals surface area contributed by atoms with Gasteiger partial charge in [-0.15, -0.1) is 0 Å². The third kappa shape index (κ3) is 1.77. The molecule has 0 aromatic carbocycles. The maximum Gasteiger partial charge on any atom is 0.244 e. The average Bonchev–Trinajstić information content (AvgIpc) is 2.96. The number of rotatable bonds is 3. The maximum atomic E-state index is 11.7. The minimum atomic E-state index is -0.106. The predicted octanol–water partition coefficient (Wildman–Crippen LogP) is 1.06. The van der Waals surface area contributed by atoms with Crippen LogP contribution in [0.4, 0.5) is 5.13 Å². The van der Waals surface area contributed by atoms with Crippen LogP contribution >= 0.6 is 11.5 Å². The summed E-state index contributed by atoms with van der Waals surface area (Å²) in [6.07, 6.45) is 3.27. The number of anilines is 1. The second kappa shape index (κ2) is 3.69. The van der Waals surface area contributed by atoms with E-state index in [1.807, 2.05) is 7.05 Å². The number of nitrogens with one attached hydrogen (secondary N) is 1. The van der Waals surface area contributed by atoms with Gasteiger partial charge in [-0.25, -0.2) is 4.98 Å². The highest BCUT2D eigenvalue weighted by molar-refractivity contribution is 7.09. The number of amides is 1. The molecule has 86 valence electrons. The van der Waals surface area contributed by atoms with Gasteiger partial charge in [0.25, 0.3) is 0 Å². The van der Waals surface area contributed by atoms with E-state index >= 15 is 0 Å². The topological polar surface area (TPSA) is 58.1 Å². The average molecular weight is 238 g/mol. The van der Waals surface area contributed by atoms with Crippen LogP contribution in [-0.4, -0.2) is 39.8 Å². The van der Waals surface area contributed by atoms with Crippen LogP contribution in [-0.2, 0) is 4.79 Å². The molecule has 1 amide bonds. The number of likely N-dealkylation sites (tertiary alicyclic amines) is 1. The zero-order valence-electron chi connectivity index (χ0n) is 9.14. The van der Waals surface area contributed by atoms with Crippen LogP contribution in [0.2, 0.25) is 0 Å². The van der Waals surface area contributed by atoms with E-state index in [-0.39, 0.29) is 11.9 Å². The summed E-state index contributed by atoms with van der Waals surface area (Å²) >= 11 is 1.37. The minimum absolute atomic E-state index is 0.106. The monoisotopic (exact) mass is 238 g/mol. The van der Waals surface area contributed by atoms with E-state index in [2.05, 4.69) is 14.7 Å². The summed E-state index contributed by atoms with van der Waals surface area (Å²) in [6.45, 7) is 0.824. The van der Waals surface area contributed by atoms with Crippen molar-refractivity contribution in [2.75, 3.05) is 18.9 Å². The number of nitrogens with zero attached hydrogens (tertiary/aromatic N) is 3. The van der Waals surface area contributed by atoms with Gasteiger partial charge >= 0.3 is 0 Å². The number of likely N-dealkylation sites (N-methyl/N-ethyl adjacent to an activating group) is 1.